The number of hydrogen-bond acceptors (Lipinski definition) is 4. The van der Waals surface area contributed by atoms with Crippen LogP contribution in [0.15, 0.2) is 18.2 Å². The first-order valence-corrected chi connectivity index (χ1v) is 6.03. The molecule has 0 N–H and O–H groups in total. The van der Waals surface area contributed by atoms with E-state index < -0.39 is 5.97 Å². The van der Waals surface area contributed by atoms with Crippen molar-refractivity contribution in [2.24, 2.45) is 0 Å². The zero-order valence-electron chi connectivity index (χ0n) is 9.94. The number of hydrogen-bond donors (Lipinski definition) is 0. The monoisotopic (exact) mass is 268 g/mol. The summed E-state index contributed by atoms with van der Waals surface area (Å²) < 4.78 is 4.86. The van der Waals surface area contributed by atoms with Crippen LogP contribution < -0.4 is 0 Å². The molecular weight excluding hydrogens is 256 g/mol. The first kappa shape index (κ1) is 14.4. The van der Waals surface area contributed by atoms with Crippen molar-refractivity contribution in [3.63, 3.8) is 0 Å². The zero-order chi connectivity index (χ0) is 13.5. The summed E-state index contributed by atoms with van der Waals surface area (Å²) in [7, 11) is 0. The fourth-order valence-corrected chi connectivity index (χ4v) is 1.72. The SMILES string of the molecule is CCOC(=O)c1c(C=O)cccc1C(=O)CCCl. The standard InChI is InChI=1S/C13H13ClO4/c1-2-18-13(17)12-9(8-15)4-3-5-10(12)11(16)6-7-14/h3-5,8H,2,6-7H2,1H3. The second kappa shape index (κ2) is 6.91. The van der Waals surface area contributed by atoms with Gasteiger partial charge in [0.25, 0.3) is 0 Å². The highest BCUT2D eigenvalue weighted by molar-refractivity contribution is 6.20. The van der Waals surface area contributed by atoms with Crippen LogP contribution in [0.25, 0.3) is 0 Å². The van der Waals surface area contributed by atoms with E-state index in [0.717, 1.165) is 0 Å². The van der Waals surface area contributed by atoms with Crippen LogP contribution >= 0.6 is 11.6 Å². The predicted molar refractivity (Wildman–Crippen MR) is 67.5 cm³/mol. The third-order valence-electron chi connectivity index (χ3n) is 2.33. The molecule has 1 rings (SSSR count). The number of benzene rings is 1. The fraction of sp³-hybridized carbons (Fsp3) is 0.308. The third kappa shape index (κ3) is 3.17. The minimum Gasteiger partial charge on any atom is -0.462 e. The number of rotatable bonds is 6. The predicted octanol–water partition coefficient (Wildman–Crippen LogP) is 2.49. The highest BCUT2D eigenvalue weighted by Gasteiger charge is 2.21. The molecule has 0 fully saturated rings. The van der Waals surface area contributed by atoms with E-state index in [-0.39, 0.29) is 41.4 Å². The third-order valence-corrected chi connectivity index (χ3v) is 2.51. The molecule has 0 spiro atoms. The summed E-state index contributed by atoms with van der Waals surface area (Å²) in [4.78, 5) is 34.5. The van der Waals surface area contributed by atoms with Crippen LogP contribution in [-0.4, -0.2) is 30.5 Å². The molecule has 1 aromatic rings. The van der Waals surface area contributed by atoms with Gasteiger partial charge in [-0.2, -0.15) is 0 Å². The van der Waals surface area contributed by atoms with E-state index in [4.69, 9.17) is 16.3 Å². The first-order chi connectivity index (χ1) is 8.65. The summed E-state index contributed by atoms with van der Waals surface area (Å²) in [5, 5.41) is 0. The van der Waals surface area contributed by atoms with Crippen molar-refractivity contribution < 1.29 is 19.1 Å². The number of ether oxygens (including phenoxy) is 1. The van der Waals surface area contributed by atoms with Crippen LogP contribution in [0.5, 0.6) is 0 Å². The highest BCUT2D eigenvalue weighted by Crippen LogP contribution is 2.17. The summed E-state index contributed by atoms with van der Waals surface area (Å²) in [6, 6.07) is 4.51. The van der Waals surface area contributed by atoms with E-state index in [1.165, 1.54) is 12.1 Å². The van der Waals surface area contributed by atoms with Gasteiger partial charge in [-0.25, -0.2) is 4.79 Å². The normalized spacial score (nSPS) is 9.89. The van der Waals surface area contributed by atoms with Gasteiger partial charge in [-0.3, -0.25) is 9.59 Å². The van der Waals surface area contributed by atoms with Gasteiger partial charge in [0.2, 0.25) is 0 Å². The van der Waals surface area contributed by atoms with Gasteiger partial charge >= 0.3 is 5.97 Å². The van der Waals surface area contributed by atoms with E-state index in [1.54, 1.807) is 13.0 Å². The average molecular weight is 269 g/mol. The lowest BCUT2D eigenvalue weighted by Crippen LogP contribution is -2.15. The zero-order valence-corrected chi connectivity index (χ0v) is 10.7. The quantitative estimate of drug-likeness (QED) is 0.344. The van der Waals surface area contributed by atoms with Crippen LogP contribution in [-0.2, 0) is 4.74 Å². The summed E-state index contributed by atoms with van der Waals surface area (Å²) in [6.45, 7) is 1.83. The number of Topliss-reactive ketones (excluding diaryl/α,β-unsaturated/α-hetero) is 1. The van der Waals surface area contributed by atoms with E-state index in [0.29, 0.717) is 6.29 Å². The summed E-state index contributed by atoms with van der Waals surface area (Å²) in [5.74, 6) is -0.790. The van der Waals surface area contributed by atoms with Gasteiger partial charge in [0.15, 0.2) is 12.1 Å². The van der Waals surface area contributed by atoms with Crippen molar-refractivity contribution in [3.8, 4) is 0 Å². The van der Waals surface area contributed by atoms with Crippen molar-refractivity contribution >= 4 is 29.6 Å². The van der Waals surface area contributed by atoms with Gasteiger partial charge in [0.1, 0.15) is 0 Å². The number of alkyl halides is 1. The van der Waals surface area contributed by atoms with Crippen molar-refractivity contribution in [1.82, 2.24) is 0 Å². The number of carbonyl (C=O) groups is 3. The van der Waals surface area contributed by atoms with Gasteiger partial charge in [-0.1, -0.05) is 18.2 Å². The van der Waals surface area contributed by atoms with Crippen molar-refractivity contribution in [1.29, 1.82) is 0 Å². The highest BCUT2D eigenvalue weighted by atomic mass is 35.5. The Morgan fingerprint density at radius 2 is 2.11 bits per heavy atom. The van der Waals surface area contributed by atoms with E-state index in [2.05, 4.69) is 0 Å². The van der Waals surface area contributed by atoms with Crippen LogP contribution in [0.3, 0.4) is 0 Å². The van der Waals surface area contributed by atoms with Gasteiger partial charge in [0, 0.05) is 23.4 Å². The Morgan fingerprint density at radius 1 is 1.39 bits per heavy atom. The second-order valence-corrected chi connectivity index (χ2v) is 3.85. The van der Waals surface area contributed by atoms with E-state index in [1.807, 2.05) is 0 Å². The molecule has 0 heterocycles. The lowest BCUT2D eigenvalue weighted by molar-refractivity contribution is 0.0521. The van der Waals surface area contributed by atoms with Gasteiger partial charge < -0.3 is 4.74 Å². The van der Waals surface area contributed by atoms with Crippen molar-refractivity contribution in [2.45, 2.75) is 13.3 Å². The maximum Gasteiger partial charge on any atom is 0.339 e. The smallest absolute Gasteiger partial charge is 0.339 e. The van der Waals surface area contributed by atoms with Gasteiger partial charge in [-0.05, 0) is 6.92 Å². The number of ketones is 1. The Morgan fingerprint density at radius 3 is 2.67 bits per heavy atom. The minimum atomic E-state index is -0.668. The molecule has 0 radical (unpaired) electrons. The first-order valence-electron chi connectivity index (χ1n) is 5.50. The van der Waals surface area contributed by atoms with Crippen molar-refractivity contribution in [2.75, 3.05) is 12.5 Å². The van der Waals surface area contributed by atoms with Crippen LogP contribution in [0, 0.1) is 0 Å². The van der Waals surface area contributed by atoms with Crippen LogP contribution in [0.4, 0.5) is 0 Å². The second-order valence-electron chi connectivity index (χ2n) is 3.47. The molecule has 0 saturated carbocycles. The molecule has 0 aliphatic heterocycles. The van der Waals surface area contributed by atoms with Crippen molar-refractivity contribution in [3.05, 3.63) is 34.9 Å². The molecule has 0 aromatic heterocycles. The molecule has 0 aliphatic rings. The molecule has 0 aliphatic carbocycles. The Hall–Kier alpha value is -1.68. The minimum absolute atomic E-state index is 0.0180. The summed E-state index contributed by atoms with van der Waals surface area (Å²) in [6.07, 6.45) is 0.639. The van der Waals surface area contributed by atoms with Crippen LogP contribution in [0.1, 0.15) is 44.4 Å². The molecule has 0 amide bonds. The Balaban J connectivity index is 3.28. The summed E-state index contributed by atoms with van der Waals surface area (Å²) in [5.41, 5.74) is 0.344. The Bertz CT molecular complexity index is 468. The molecule has 1 aromatic carbocycles. The largest absolute Gasteiger partial charge is 0.462 e. The number of esters is 1. The summed E-state index contributed by atoms with van der Waals surface area (Å²) >= 11 is 5.51. The molecule has 0 unspecified atom stereocenters. The molecule has 5 heteroatoms. The molecule has 0 bridgehead atoms. The molecular formula is C13H13ClO4. The number of halogens is 1. The molecule has 4 nitrogen and oxygen atoms in total. The molecule has 0 saturated heterocycles. The lowest BCUT2D eigenvalue weighted by atomic mass is 9.97. The molecule has 96 valence electrons. The Labute approximate surface area is 110 Å². The maximum atomic E-state index is 11.8. The maximum absolute atomic E-state index is 11.8. The van der Waals surface area contributed by atoms with Crippen LogP contribution in [0.2, 0.25) is 0 Å². The van der Waals surface area contributed by atoms with E-state index >= 15 is 0 Å². The topological polar surface area (TPSA) is 60.4 Å². The number of aldehydes is 1. The average Bonchev–Trinajstić information content (AvgIpc) is 2.38. The van der Waals surface area contributed by atoms with Gasteiger partial charge in [0.05, 0.1) is 12.2 Å². The molecule has 18 heavy (non-hydrogen) atoms. The lowest BCUT2D eigenvalue weighted by Gasteiger charge is -2.09. The number of carbonyl (C=O) groups excluding carboxylic acids is 3. The fourth-order valence-electron chi connectivity index (χ4n) is 1.55. The molecule has 0 atom stereocenters. The van der Waals surface area contributed by atoms with E-state index in [9.17, 15) is 14.4 Å². The Kier molecular flexibility index (Phi) is 5.52. The van der Waals surface area contributed by atoms with Gasteiger partial charge in [-0.15, -0.1) is 11.6 Å².